The summed E-state index contributed by atoms with van der Waals surface area (Å²) >= 11 is 1.38. The highest BCUT2D eigenvalue weighted by atomic mass is 32.2. The molecule has 0 fully saturated rings. The van der Waals surface area contributed by atoms with Gasteiger partial charge >= 0.3 is 0 Å². The molecule has 0 spiro atoms. The van der Waals surface area contributed by atoms with Crippen LogP contribution in [0.2, 0.25) is 0 Å². The highest BCUT2D eigenvalue weighted by Gasteiger charge is 2.19. The number of rotatable bonds is 4. The summed E-state index contributed by atoms with van der Waals surface area (Å²) in [7, 11) is 3.39. The minimum absolute atomic E-state index is 0.114. The first-order valence-electron chi connectivity index (χ1n) is 7.37. The zero-order valence-electron chi connectivity index (χ0n) is 13.4. The van der Waals surface area contributed by atoms with Crippen molar-refractivity contribution in [2.24, 2.45) is 0 Å². The topological polar surface area (TPSA) is 51.7 Å². The van der Waals surface area contributed by atoms with Crippen molar-refractivity contribution in [1.29, 1.82) is 0 Å². The highest BCUT2D eigenvalue weighted by molar-refractivity contribution is 7.98. The van der Waals surface area contributed by atoms with E-state index in [1.807, 2.05) is 0 Å². The molecule has 24 heavy (non-hydrogen) atoms. The smallest absolute Gasteiger partial charge is 0.256 e. The molecule has 1 aliphatic heterocycles. The van der Waals surface area contributed by atoms with E-state index in [4.69, 9.17) is 9.47 Å². The van der Waals surface area contributed by atoms with E-state index in [-0.39, 0.29) is 18.5 Å². The van der Waals surface area contributed by atoms with Crippen molar-refractivity contribution in [2.75, 3.05) is 20.9 Å². The molecule has 0 unspecified atom stereocenters. The van der Waals surface area contributed by atoms with E-state index in [0.717, 1.165) is 5.56 Å². The van der Waals surface area contributed by atoms with E-state index in [1.165, 1.54) is 28.8 Å². The molecule has 0 bridgehead atoms. The Bertz CT molecular complexity index is 767. The molecule has 5 nitrogen and oxygen atoms in total. The van der Waals surface area contributed by atoms with Crippen LogP contribution in [-0.2, 0) is 17.1 Å². The van der Waals surface area contributed by atoms with Gasteiger partial charge in [0.05, 0.1) is 12.2 Å². The molecule has 1 aromatic carbocycles. The minimum Gasteiger partial charge on any atom is -0.467 e. The Morgan fingerprint density at radius 2 is 2.25 bits per heavy atom. The van der Waals surface area contributed by atoms with Gasteiger partial charge in [-0.3, -0.25) is 4.79 Å². The number of benzene rings is 1. The molecule has 1 aromatic heterocycles. The number of halogens is 1. The van der Waals surface area contributed by atoms with Crippen LogP contribution in [0.3, 0.4) is 0 Å². The molecule has 1 aliphatic rings. The van der Waals surface area contributed by atoms with Gasteiger partial charge in [0, 0.05) is 37.2 Å². The Hall–Kier alpha value is -2.12. The average Bonchev–Trinajstić information content (AvgIpc) is 2.59. The lowest BCUT2D eigenvalue weighted by Crippen LogP contribution is -2.22. The van der Waals surface area contributed by atoms with Gasteiger partial charge in [0.15, 0.2) is 6.79 Å². The van der Waals surface area contributed by atoms with E-state index in [1.54, 1.807) is 32.4 Å². The molecule has 2 aromatic rings. The second kappa shape index (κ2) is 7.19. The van der Waals surface area contributed by atoms with E-state index in [0.29, 0.717) is 34.3 Å². The molecule has 7 heteroatoms. The number of thioether (sulfide) groups is 1. The molecule has 2 heterocycles. The molecule has 0 saturated heterocycles. The number of pyridine rings is 1. The first-order valence-corrected chi connectivity index (χ1v) is 8.36. The van der Waals surface area contributed by atoms with Crippen LogP contribution in [0.4, 0.5) is 4.39 Å². The molecule has 0 saturated carbocycles. The molecule has 1 amide bonds. The number of hydrogen-bond acceptors (Lipinski definition) is 5. The van der Waals surface area contributed by atoms with Crippen LogP contribution in [0.1, 0.15) is 21.5 Å². The Morgan fingerprint density at radius 1 is 1.42 bits per heavy atom. The van der Waals surface area contributed by atoms with Crippen molar-refractivity contribution < 1.29 is 18.7 Å². The molecular weight excluding hydrogens is 331 g/mol. The van der Waals surface area contributed by atoms with Crippen LogP contribution in [0.15, 0.2) is 35.5 Å². The summed E-state index contributed by atoms with van der Waals surface area (Å²) in [6, 6.07) is 6.34. The first kappa shape index (κ1) is 16.7. The summed E-state index contributed by atoms with van der Waals surface area (Å²) < 4.78 is 24.5. The standard InChI is InChI=1S/C17H17FN2O3S/c1-20(2)17(21)14-4-3-5-19-16(14)24-9-12-7-13(18)6-11-8-22-10-23-15(11)12/h3-7H,8-10H2,1-2H3. The Kier molecular flexibility index (Phi) is 5.01. The Morgan fingerprint density at radius 3 is 3.04 bits per heavy atom. The summed E-state index contributed by atoms with van der Waals surface area (Å²) in [4.78, 5) is 18.0. The third-order valence-electron chi connectivity index (χ3n) is 3.52. The lowest BCUT2D eigenvalue weighted by atomic mass is 10.1. The summed E-state index contributed by atoms with van der Waals surface area (Å²) in [6.07, 6.45) is 1.64. The quantitative estimate of drug-likeness (QED) is 0.795. The van der Waals surface area contributed by atoms with Crippen LogP contribution >= 0.6 is 11.8 Å². The zero-order chi connectivity index (χ0) is 17.1. The van der Waals surface area contributed by atoms with Gasteiger partial charge in [0.2, 0.25) is 0 Å². The van der Waals surface area contributed by atoms with Gasteiger partial charge in [0.25, 0.3) is 5.91 Å². The average molecular weight is 348 g/mol. The normalized spacial score (nSPS) is 13.1. The number of nitrogens with zero attached hydrogens (tertiary/aromatic N) is 2. The van der Waals surface area contributed by atoms with Gasteiger partial charge in [0.1, 0.15) is 16.6 Å². The molecule has 0 radical (unpaired) electrons. The van der Waals surface area contributed by atoms with Crippen molar-refractivity contribution in [3.05, 3.63) is 53.0 Å². The molecule has 126 valence electrons. The maximum absolute atomic E-state index is 13.8. The van der Waals surface area contributed by atoms with Crippen LogP contribution in [0, 0.1) is 5.82 Å². The first-order chi connectivity index (χ1) is 11.6. The number of fused-ring (bicyclic) bond motifs is 1. The zero-order valence-corrected chi connectivity index (χ0v) is 14.2. The van der Waals surface area contributed by atoms with Gasteiger partial charge in [-0.2, -0.15) is 0 Å². The summed E-state index contributed by atoms with van der Waals surface area (Å²) in [5.41, 5.74) is 1.96. The van der Waals surface area contributed by atoms with Gasteiger partial charge < -0.3 is 14.4 Å². The largest absolute Gasteiger partial charge is 0.467 e. The molecule has 3 rings (SSSR count). The van der Waals surface area contributed by atoms with Gasteiger partial charge in [-0.25, -0.2) is 9.37 Å². The maximum Gasteiger partial charge on any atom is 0.256 e. The molecule has 0 aliphatic carbocycles. The Balaban J connectivity index is 1.85. The predicted molar refractivity (Wildman–Crippen MR) is 88.5 cm³/mol. The SMILES string of the molecule is CN(C)C(=O)c1cccnc1SCc1cc(F)cc2c1OCOC2. The predicted octanol–water partition coefficient (Wildman–Crippen LogP) is 3.08. The number of amides is 1. The van der Waals surface area contributed by atoms with Gasteiger partial charge in [-0.1, -0.05) is 0 Å². The number of aromatic nitrogens is 1. The van der Waals surface area contributed by atoms with Crippen LogP contribution in [0.25, 0.3) is 0 Å². The lowest BCUT2D eigenvalue weighted by molar-refractivity contribution is -0.0171. The fourth-order valence-corrected chi connectivity index (χ4v) is 3.37. The van der Waals surface area contributed by atoms with E-state index in [9.17, 15) is 9.18 Å². The van der Waals surface area contributed by atoms with E-state index in [2.05, 4.69) is 4.98 Å². The number of carbonyl (C=O) groups excluding carboxylic acids is 1. The lowest BCUT2D eigenvalue weighted by Gasteiger charge is -2.21. The van der Waals surface area contributed by atoms with Crippen molar-refractivity contribution in [2.45, 2.75) is 17.4 Å². The van der Waals surface area contributed by atoms with Crippen molar-refractivity contribution in [1.82, 2.24) is 9.88 Å². The monoisotopic (exact) mass is 348 g/mol. The second-order valence-electron chi connectivity index (χ2n) is 5.51. The van der Waals surface area contributed by atoms with Crippen molar-refractivity contribution >= 4 is 17.7 Å². The fourth-order valence-electron chi connectivity index (χ4n) is 2.42. The van der Waals surface area contributed by atoms with Gasteiger partial charge in [-0.05, 0) is 24.3 Å². The maximum atomic E-state index is 13.8. The van der Waals surface area contributed by atoms with E-state index >= 15 is 0 Å². The van der Waals surface area contributed by atoms with Crippen molar-refractivity contribution in [3.8, 4) is 5.75 Å². The van der Waals surface area contributed by atoms with Crippen LogP contribution in [-0.4, -0.2) is 36.7 Å². The summed E-state index contributed by atoms with van der Waals surface area (Å²) in [6.45, 7) is 0.489. The number of carbonyl (C=O) groups is 1. The summed E-state index contributed by atoms with van der Waals surface area (Å²) in [5.74, 6) is 0.664. The van der Waals surface area contributed by atoms with Crippen LogP contribution < -0.4 is 4.74 Å². The Labute approximate surface area is 143 Å². The van der Waals surface area contributed by atoms with E-state index < -0.39 is 0 Å². The minimum atomic E-state index is -0.330. The number of ether oxygens (including phenoxy) is 2. The summed E-state index contributed by atoms with van der Waals surface area (Å²) in [5, 5.41) is 0.612. The third kappa shape index (κ3) is 3.52. The third-order valence-corrected chi connectivity index (χ3v) is 4.58. The highest BCUT2D eigenvalue weighted by Crippen LogP contribution is 2.34. The molecule has 0 N–H and O–H groups in total. The van der Waals surface area contributed by atoms with Crippen molar-refractivity contribution in [3.63, 3.8) is 0 Å². The van der Waals surface area contributed by atoms with Crippen LogP contribution in [0.5, 0.6) is 5.75 Å². The fraction of sp³-hybridized carbons (Fsp3) is 0.294. The molecule has 0 atom stereocenters. The number of hydrogen-bond donors (Lipinski definition) is 0. The second-order valence-corrected chi connectivity index (χ2v) is 6.47. The molecular formula is C17H17FN2O3S. The van der Waals surface area contributed by atoms with Gasteiger partial charge in [-0.15, -0.1) is 11.8 Å².